The minimum Gasteiger partial charge on any atom is -0.421 e. The first-order chi connectivity index (χ1) is 11.5. The molecule has 1 aromatic heterocycles. The van der Waals surface area contributed by atoms with Crippen molar-refractivity contribution in [2.75, 3.05) is 10.6 Å². The van der Waals surface area contributed by atoms with Gasteiger partial charge in [0.25, 0.3) is 0 Å². The zero-order valence-corrected chi connectivity index (χ0v) is 14.2. The van der Waals surface area contributed by atoms with Crippen molar-refractivity contribution >= 4 is 28.3 Å². The number of rotatable bonds is 5. The first kappa shape index (κ1) is 16.6. The van der Waals surface area contributed by atoms with Gasteiger partial charge in [-0.2, -0.15) is 0 Å². The molecule has 1 aliphatic carbocycles. The van der Waals surface area contributed by atoms with Crippen molar-refractivity contribution in [2.45, 2.75) is 52.0 Å². The highest BCUT2D eigenvalue weighted by Crippen LogP contribution is 2.32. The first-order valence-electron chi connectivity index (χ1n) is 8.67. The summed E-state index contributed by atoms with van der Waals surface area (Å²) in [5.41, 5.74) is 0.938. The van der Waals surface area contributed by atoms with Crippen molar-refractivity contribution in [3.8, 4) is 0 Å². The van der Waals surface area contributed by atoms with Crippen molar-refractivity contribution in [3.63, 3.8) is 0 Å². The number of anilines is 2. The quantitative estimate of drug-likeness (QED) is 0.810. The van der Waals surface area contributed by atoms with Crippen LogP contribution in [-0.2, 0) is 4.79 Å². The smallest absolute Gasteiger partial charge is 0.362 e. The molecule has 0 aliphatic heterocycles. The predicted octanol–water partition coefficient (Wildman–Crippen LogP) is 4.13. The molecule has 3 rings (SSSR count). The fourth-order valence-corrected chi connectivity index (χ4v) is 3.25. The zero-order chi connectivity index (χ0) is 17.1. The normalized spacial score (nSPS) is 15.1. The average Bonchev–Trinajstić information content (AvgIpc) is 3.03. The zero-order valence-electron chi connectivity index (χ0n) is 14.2. The Morgan fingerprint density at radius 2 is 1.92 bits per heavy atom. The van der Waals surface area contributed by atoms with Crippen molar-refractivity contribution < 1.29 is 9.21 Å². The molecule has 0 spiro atoms. The van der Waals surface area contributed by atoms with Gasteiger partial charge in [0, 0.05) is 17.8 Å². The van der Waals surface area contributed by atoms with Crippen LogP contribution in [0.4, 0.5) is 11.4 Å². The summed E-state index contributed by atoms with van der Waals surface area (Å²) in [4.78, 5) is 24.6. The summed E-state index contributed by atoms with van der Waals surface area (Å²) in [6.07, 6.45) is 4.90. The van der Waals surface area contributed by atoms with E-state index >= 15 is 0 Å². The van der Waals surface area contributed by atoms with Gasteiger partial charge in [0.05, 0.1) is 5.69 Å². The average molecular weight is 328 g/mol. The van der Waals surface area contributed by atoms with Crippen LogP contribution in [0.5, 0.6) is 0 Å². The standard InChI is InChI=1S/C19H24N2O3/c1-12(2)11-16(22)21-18-17(20-13-7-3-4-8-13)14-9-5-6-10-15(14)24-19(18)23/h5-6,9-10,12-13,20H,3-4,7-8,11H2,1-2H3,(H,21,22). The van der Waals surface area contributed by atoms with Gasteiger partial charge in [-0.3, -0.25) is 4.79 Å². The van der Waals surface area contributed by atoms with Crippen LogP contribution in [0.25, 0.3) is 11.0 Å². The maximum absolute atomic E-state index is 12.4. The van der Waals surface area contributed by atoms with E-state index in [-0.39, 0.29) is 17.5 Å². The molecule has 0 radical (unpaired) electrons. The summed E-state index contributed by atoms with van der Waals surface area (Å²) in [7, 11) is 0. The van der Waals surface area contributed by atoms with Gasteiger partial charge in [-0.1, -0.05) is 38.8 Å². The SMILES string of the molecule is CC(C)CC(=O)Nc1c(NC2CCCC2)c2ccccc2oc1=O. The summed E-state index contributed by atoms with van der Waals surface area (Å²) in [6, 6.07) is 7.75. The number of hydrogen-bond acceptors (Lipinski definition) is 4. The highest BCUT2D eigenvalue weighted by atomic mass is 16.4. The molecule has 5 heteroatoms. The Hall–Kier alpha value is -2.30. The third-order valence-corrected chi connectivity index (χ3v) is 4.37. The predicted molar refractivity (Wildman–Crippen MR) is 96.4 cm³/mol. The fourth-order valence-electron chi connectivity index (χ4n) is 3.25. The van der Waals surface area contributed by atoms with E-state index in [0.29, 0.717) is 23.7 Å². The Balaban J connectivity index is 2.03. The minimum atomic E-state index is -0.508. The van der Waals surface area contributed by atoms with Gasteiger partial charge >= 0.3 is 5.63 Å². The van der Waals surface area contributed by atoms with Crippen LogP contribution < -0.4 is 16.3 Å². The number of benzene rings is 1. The lowest BCUT2D eigenvalue weighted by Crippen LogP contribution is -2.23. The fraction of sp³-hybridized carbons (Fsp3) is 0.474. The van der Waals surface area contributed by atoms with Gasteiger partial charge < -0.3 is 15.1 Å². The number of nitrogens with one attached hydrogen (secondary N) is 2. The maximum atomic E-state index is 12.4. The molecule has 1 saturated carbocycles. The van der Waals surface area contributed by atoms with Crippen LogP contribution in [0, 0.1) is 5.92 Å². The summed E-state index contributed by atoms with van der Waals surface area (Å²) < 4.78 is 5.39. The number of hydrogen-bond donors (Lipinski definition) is 2. The van der Waals surface area contributed by atoms with Gasteiger partial charge in [-0.25, -0.2) is 4.79 Å². The van der Waals surface area contributed by atoms with Crippen molar-refractivity contribution in [1.82, 2.24) is 0 Å². The van der Waals surface area contributed by atoms with Crippen molar-refractivity contribution in [3.05, 3.63) is 34.7 Å². The van der Waals surface area contributed by atoms with E-state index < -0.39 is 5.63 Å². The van der Waals surface area contributed by atoms with Crippen LogP contribution in [0.3, 0.4) is 0 Å². The van der Waals surface area contributed by atoms with E-state index in [4.69, 9.17) is 4.42 Å². The van der Waals surface area contributed by atoms with Crippen molar-refractivity contribution in [1.29, 1.82) is 0 Å². The molecule has 24 heavy (non-hydrogen) atoms. The summed E-state index contributed by atoms with van der Waals surface area (Å²) in [6.45, 7) is 3.94. The lowest BCUT2D eigenvalue weighted by molar-refractivity contribution is -0.116. The van der Waals surface area contributed by atoms with Gasteiger partial charge in [0.15, 0.2) is 5.69 Å². The summed E-state index contributed by atoms with van der Waals surface area (Å²) in [5, 5.41) is 7.07. The molecule has 0 unspecified atom stereocenters. The second-order valence-electron chi connectivity index (χ2n) is 6.91. The van der Waals surface area contributed by atoms with Crippen LogP contribution in [-0.4, -0.2) is 11.9 Å². The van der Waals surface area contributed by atoms with Crippen molar-refractivity contribution in [2.24, 2.45) is 5.92 Å². The molecular formula is C19H24N2O3. The number of fused-ring (bicyclic) bond motifs is 1. The Kier molecular flexibility index (Phi) is 4.88. The molecule has 1 aromatic carbocycles. The Morgan fingerprint density at radius 1 is 1.21 bits per heavy atom. The number of amides is 1. The maximum Gasteiger partial charge on any atom is 0.362 e. The Bertz CT molecular complexity index is 789. The Labute approximate surface area is 141 Å². The first-order valence-corrected chi connectivity index (χ1v) is 8.67. The highest BCUT2D eigenvalue weighted by molar-refractivity contribution is 6.02. The van der Waals surface area contributed by atoms with Gasteiger partial charge in [-0.15, -0.1) is 0 Å². The highest BCUT2D eigenvalue weighted by Gasteiger charge is 2.21. The molecule has 1 aliphatic rings. The second-order valence-corrected chi connectivity index (χ2v) is 6.91. The van der Waals surface area contributed by atoms with E-state index in [1.165, 1.54) is 12.8 Å². The largest absolute Gasteiger partial charge is 0.421 e. The molecule has 2 N–H and O–H groups in total. The molecule has 2 aromatic rings. The Morgan fingerprint density at radius 3 is 2.62 bits per heavy atom. The lowest BCUT2D eigenvalue weighted by Gasteiger charge is -2.18. The van der Waals surface area contributed by atoms with Gasteiger partial charge in [0.1, 0.15) is 5.58 Å². The second kappa shape index (κ2) is 7.07. The monoisotopic (exact) mass is 328 g/mol. The van der Waals surface area contributed by atoms with Crippen LogP contribution in [0.2, 0.25) is 0 Å². The minimum absolute atomic E-state index is 0.165. The molecule has 0 bridgehead atoms. The number of carbonyl (C=O) groups is 1. The van der Waals surface area contributed by atoms with Gasteiger partial charge in [-0.05, 0) is 30.9 Å². The molecule has 1 amide bonds. The molecule has 0 saturated heterocycles. The van der Waals surface area contributed by atoms with Crippen LogP contribution >= 0.6 is 0 Å². The number of para-hydroxylation sites is 1. The van der Waals surface area contributed by atoms with E-state index in [9.17, 15) is 9.59 Å². The molecular weight excluding hydrogens is 304 g/mol. The molecule has 128 valence electrons. The summed E-state index contributed by atoms with van der Waals surface area (Å²) in [5.74, 6) is 0.0609. The third kappa shape index (κ3) is 3.61. The van der Waals surface area contributed by atoms with Gasteiger partial charge in [0.2, 0.25) is 5.91 Å². The van der Waals surface area contributed by atoms with E-state index in [1.54, 1.807) is 6.07 Å². The molecule has 5 nitrogen and oxygen atoms in total. The van der Waals surface area contributed by atoms with E-state index in [2.05, 4.69) is 10.6 Å². The molecule has 0 atom stereocenters. The molecule has 1 fully saturated rings. The van der Waals surface area contributed by atoms with Crippen LogP contribution in [0.15, 0.2) is 33.5 Å². The third-order valence-electron chi connectivity index (χ3n) is 4.37. The van der Waals surface area contributed by atoms with E-state index in [1.807, 2.05) is 32.0 Å². The lowest BCUT2D eigenvalue weighted by atomic mass is 10.1. The topological polar surface area (TPSA) is 71.3 Å². The van der Waals surface area contributed by atoms with Crippen LogP contribution in [0.1, 0.15) is 46.0 Å². The van der Waals surface area contributed by atoms with E-state index in [0.717, 1.165) is 18.2 Å². The number of carbonyl (C=O) groups excluding carboxylic acids is 1. The molecule has 1 heterocycles. The summed E-state index contributed by atoms with van der Waals surface area (Å²) >= 11 is 0.